The molecule has 84 valence electrons. The topological polar surface area (TPSA) is 38.0 Å². The Morgan fingerprint density at radius 2 is 2.00 bits per heavy atom. The summed E-state index contributed by atoms with van der Waals surface area (Å²) in [6.45, 7) is 2.00. The smallest absolute Gasteiger partial charge is 0.271 e. The first kappa shape index (κ1) is 11.8. The highest BCUT2D eigenvalue weighted by atomic mass is 19.4. The summed E-state index contributed by atoms with van der Waals surface area (Å²) in [5, 5.41) is 0. The van der Waals surface area contributed by atoms with Crippen molar-refractivity contribution in [1.29, 1.82) is 0 Å². The zero-order valence-electron chi connectivity index (χ0n) is 8.27. The molecule has 0 heterocycles. The van der Waals surface area contributed by atoms with Crippen LogP contribution in [0.2, 0.25) is 0 Å². The Hall–Kier alpha value is -0.290. The minimum absolute atomic E-state index is 0.358. The van der Waals surface area contributed by atoms with Crippen LogP contribution in [0.3, 0.4) is 0 Å². The molecule has 3 N–H and O–H groups in total. The summed E-state index contributed by atoms with van der Waals surface area (Å²) in [6, 6.07) is -1.54. The van der Waals surface area contributed by atoms with Gasteiger partial charge in [0.2, 0.25) is 0 Å². The lowest BCUT2D eigenvalue weighted by Gasteiger charge is -2.33. The molecular weight excluding hydrogens is 193 g/mol. The molecule has 0 aromatic carbocycles. The van der Waals surface area contributed by atoms with E-state index in [1.165, 1.54) is 0 Å². The summed E-state index contributed by atoms with van der Waals surface area (Å²) >= 11 is 0. The molecule has 14 heavy (non-hydrogen) atoms. The maximum absolute atomic E-state index is 12.5. The third-order valence-corrected chi connectivity index (χ3v) is 2.98. The SMILES string of the molecule is CC1CCCC(C(NN)C(F)(F)F)C1. The van der Waals surface area contributed by atoms with Crippen molar-refractivity contribution in [2.45, 2.75) is 44.8 Å². The second-order valence-corrected chi connectivity index (χ2v) is 4.22. The van der Waals surface area contributed by atoms with E-state index in [-0.39, 0.29) is 5.92 Å². The molecule has 2 nitrogen and oxygen atoms in total. The predicted molar refractivity (Wildman–Crippen MR) is 48.3 cm³/mol. The fourth-order valence-corrected chi connectivity index (χ4v) is 2.28. The van der Waals surface area contributed by atoms with Crippen LogP contribution in [0.4, 0.5) is 13.2 Å². The molecule has 0 aromatic rings. The average molecular weight is 210 g/mol. The highest BCUT2D eigenvalue weighted by Gasteiger charge is 2.44. The van der Waals surface area contributed by atoms with Gasteiger partial charge >= 0.3 is 6.18 Å². The lowest BCUT2D eigenvalue weighted by molar-refractivity contribution is -0.171. The fraction of sp³-hybridized carbons (Fsp3) is 1.00. The monoisotopic (exact) mass is 210 g/mol. The average Bonchev–Trinajstić information content (AvgIpc) is 2.02. The van der Waals surface area contributed by atoms with Gasteiger partial charge in [0, 0.05) is 0 Å². The van der Waals surface area contributed by atoms with Crippen LogP contribution in [0.5, 0.6) is 0 Å². The Morgan fingerprint density at radius 3 is 2.43 bits per heavy atom. The summed E-state index contributed by atoms with van der Waals surface area (Å²) in [4.78, 5) is 0. The molecule has 3 atom stereocenters. The van der Waals surface area contributed by atoms with E-state index in [4.69, 9.17) is 5.84 Å². The number of alkyl halides is 3. The standard InChI is InChI=1S/C9H17F3N2/c1-6-3-2-4-7(5-6)8(14-13)9(10,11)12/h6-8,14H,2-5,13H2,1H3. The van der Waals surface area contributed by atoms with Gasteiger partial charge in [0.15, 0.2) is 0 Å². The minimum Gasteiger partial charge on any atom is -0.271 e. The van der Waals surface area contributed by atoms with Gasteiger partial charge < -0.3 is 0 Å². The Labute approximate surface area is 82.0 Å². The van der Waals surface area contributed by atoms with Gasteiger partial charge in [-0.25, -0.2) is 5.43 Å². The Morgan fingerprint density at radius 1 is 1.36 bits per heavy atom. The molecule has 0 spiro atoms. The molecule has 0 radical (unpaired) electrons. The second kappa shape index (κ2) is 4.49. The zero-order chi connectivity index (χ0) is 10.8. The molecule has 0 bridgehead atoms. The molecular formula is C9H17F3N2. The summed E-state index contributed by atoms with van der Waals surface area (Å²) in [7, 11) is 0. The Balaban J connectivity index is 2.60. The van der Waals surface area contributed by atoms with Gasteiger partial charge in [-0.1, -0.05) is 19.8 Å². The van der Waals surface area contributed by atoms with E-state index in [9.17, 15) is 13.2 Å². The van der Waals surface area contributed by atoms with Crippen LogP contribution in [-0.2, 0) is 0 Å². The normalized spacial score (nSPS) is 31.5. The van der Waals surface area contributed by atoms with Crippen LogP contribution in [0.15, 0.2) is 0 Å². The van der Waals surface area contributed by atoms with E-state index in [0.717, 1.165) is 12.8 Å². The molecule has 1 saturated carbocycles. The van der Waals surface area contributed by atoms with Crippen molar-refractivity contribution in [1.82, 2.24) is 5.43 Å². The van der Waals surface area contributed by atoms with Crippen LogP contribution in [0.1, 0.15) is 32.6 Å². The molecule has 0 amide bonds. The van der Waals surface area contributed by atoms with E-state index in [2.05, 4.69) is 0 Å². The number of hydrogen-bond donors (Lipinski definition) is 2. The summed E-state index contributed by atoms with van der Waals surface area (Å²) in [5.41, 5.74) is 1.91. The van der Waals surface area contributed by atoms with E-state index in [1.54, 1.807) is 0 Å². The molecule has 0 saturated heterocycles. The quantitative estimate of drug-likeness (QED) is 0.541. The van der Waals surface area contributed by atoms with Crippen molar-refractivity contribution in [3.05, 3.63) is 0 Å². The molecule has 0 aromatic heterocycles. The van der Waals surface area contributed by atoms with E-state index >= 15 is 0 Å². The lowest BCUT2D eigenvalue weighted by Crippen LogP contribution is -2.51. The fourth-order valence-electron chi connectivity index (χ4n) is 2.28. The number of nitrogens with one attached hydrogen (secondary N) is 1. The Bertz CT molecular complexity index is 181. The van der Waals surface area contributed by atoms with E-state index < -0.39 is 12.2 Å². The highest BCUT2D eigenvalue weighted by Crippen LogP contribution is 2.36. The third-order valence-electron chi connectivity index (χ3n) is 2.98. The number of halogens is 3. The molecule has 5 heteroatoms. The number of rotatable bonds is 2. The largest absolute Gasteiger partial charge is 0.405 e. The number of hydrazine groups is 1. The van der Waals surface area contributed by atoms with E-state index in [1.807, 2.05) is 12.3 Å². The molecule has 0 aliphatic heterocycles. The van der Waals surface area contributed by atoms with Crippen molar-refractivity contribution >= 4 is 0 Å². The van der Waals surface area contributed by atoms with Gasteiger partial charge in [0.25, 0.3) is 0 Å². The van der Waals surface area contributed by atoms with Crippen molar-refractivity contribution in [2.75, 3.05) is 0 Å². The molecule has 1 aliphatic carbocycles. The maximum atomic E-state index is 12.5. The van der Waals surface area contributed by atoms with Crippen molar-refractivity contribution in [3.8, 4) is 0 Å². The predicted octanol–water partition coefficient (Wildman–Crippen LogP) is 2.21. The summed E-state index contributed by atoms with van der Waals surface area (Å²) < 4.78 is 37.5. The van der Waals surface area contributed by atoms with Crippen LogP contribution >= 0.6 is 0 Å². The zero-order valence-corrected chi connectivity index (χ0v) is 8.27. The van der Waals surface area contributed by atoms with Crippen LogP contribution in [-0.4, -0.2) is 12.2 Å². The number of hydrogen-bond acceptors (Lipinski definition) is 2. The van der Waals surface area contributed by atoms with Gasteiger partial charge in [-0.15, -0.1) is 0 Å². The minimum atomic E-state index is -4.23. The molecule has 1 rings (SSSR count). The van der Waals surface area contributed by atoms with Gasteiger partial charge in [-0.2, -0.15) is 13.2 Å². The maximum Gasteiger partial charge on any atom is 0.405 e. The van der Waals surface area contributed by atoms with Gasteiger partial charge in [0.1, 0.15) is 6.04 Å². The first-order chi connectivity index (χ1) is 6.45. The van der Waals surface area contributed by atoms with Gasteiger partial charge in [0.05, 0.1) is 0 Å². The second-order valence-electron chi connectivity index (χ2n) is 4.22. The van der Waals surface area contributed by atoms with Crippen molar-refractivity contribution < 1.29 is 13.2 Å². The third kappa shape index (κ3) is 2.85. The van der Waals surface area contributed by atoms with Crippen molar-refractivity contribution in [3.63, 3.8) is 0 Å². The molecule has 3 unspecified atom stereocenters. The van der Waals surface area contributed by atoms with Crippen LogP contribution in [0, 0.1) is 11.8 Å². The first-order valence-corrected chi connectivity index (χ1v) is 4.98. The van der Waals surface area contributed by atoms with Crippen LogP contribution in [0.25, 0.3) is 0 Å². The lowest BCUT2D eigenvalue weighted by atomic mass is 9.78. The molecule has 1 aliphatic rings. The van der Waals surface area contributed by atoms with Gasteiger partial charge in [-0.05, 0) is 24.7 Å². The highest BCUT2D eigenvalue weighted by molar-refractivity contribution is 4.84. The molecule has 1 fully saturated rings. The van der Waals surface area contributed by atoms with Crippen LogP contribution < -0.4 is 11.3 Å². The van der Waals surface area contributed by atoms with Crippen molar-refractivity contribution in [2.24, 2.45) is 17.7 Å². The Kier molecular flexibility index (Phi) is 3.78. The summed E-state index contributed by atoms with van der Waals surface area (Å²) in [5.74, 6) is 4.99. The van der Waals surface area contributed by atoms with Gasteiger partial charge in [-0.3, -0.25) is 5.84 Å². The summed E-state index contributed by atoms with van der Waals surface area (Å²) in [6.07, 6.45) is -1.07. The first-order valence-electron chi connectivity index (χ1n) is 4.98. The van der Waals surface area contributed by atoms with E-state index in [0.29, 0.717) is 18.8 Å². The number of nitrogens with two attached hydrogens (primary N) is 1.